The van der Waals surface area contributed by atoms with Gasteiger partial charge in [-0.25, -0.2) is 9.78 Å². The minimum absolute atomic E-state index is 0.336. The number of thiophene rings is 1. The Morgan fingerprint density at radius 2 is 1.92 bits per heavy atom. The number of carbonyl (C=O) groups excluding carboxylic acids is 1. The summed E-state index contributed by atoms with van der Waals surface area (Å²) in [5, 5.41) is 3.87. The summed E-state index contributed by atoms with van der Waals surface area (Å²) in [6.07, 6.45) is 1.97. The second kappa shape index (κ2) is 5.68. The monoisotopic (exact) mass is 358 g/mol. The molecule has 126 valence electrons. The molecule has 0 saturated heterocycles. The van der Waals surface area contributed by atoms with Crippen molar-refractivity contribution in [3.05, 3.63) is 71.7 Å². The van der Waals surface area contributed by atoms with Crippen molar-refractivity contribution in [2.24, 2.45) is 0 Å². The first kappa shape index (κ1) is 15.1. The van der Waals surface area contributed by atoms with Crippen LogP contribution in [0.15, 0.2) is 66.2 Å². The number of carbonyl (C=O) groups is 1. The lowest BCUT2D eigenvalue weighted by molar-refractivity contribution is 0.0605. The molecule has 4 heterocycles. The molecule has 1 aromatic carbocycles. The fourth-order valence-corrected chi connectivity index (χ4v) is 4.27. The number of hydrogen-bond acceptors (Lipinski definition) is 4. The van der Waals surface area contributed by atoms with Crippen LogP contribution in [0.2, 0.25) is 0 Å². The van der Waals surface area contributed by atoms with Crippen molar-refractivity contribution < 1.29 is 9.53 Å². The van der Waals surface area contributed by atoms with E-state index in [1.165, 1.54) is 7.11 Å². The molecule has 0 fully saturated rings. The SMILES string of the molecule is COC(=O)c1c2c3ccccc3nc(-c3cccs3)c2n2ccccc12. The molecular formula is C21H14N2O2S. The number of rotatable bonds is 2. The molecule has 5 heteroatoms. The number of pyridine rings is 2. The number of ether oxygens (including phenoxy) is 1. The molecule has 5 aromatic rings. The third-order valence-electron chi connectivity index (χ3n) is 4.62. The van der Waals surface area contributed by atoms with Crippen LogP contribution >= 0.6 is 11.3 Å². The van der Waals surface area contributed by atoms with Crippen molar-refractivity contribution in [2.75, 3.05) is 7.11 Å². The van der Waals surface area contributed by atoms with Crippen molar-refractivity contribution >= 4 is 44.6 Å². The lowest BCUT2D eigenvalue weighted by Gasteiger charge is -2.07. The molecule has 0 bridgehead atoms. The highest BCUT2D eigenvalue weighted by atomic mass is 32.1. The number of esters is 1. The van der Waals surface area contributed by atoms with Gasteiger partial charge in [-0.15, -0.1) is 11.3 Å². The van der Waals surface area contributed by atoms with Crippen LogP contribution < -0.4 is 0 Å². The molecule has 0 N–H and O–H groups in total. The maximum Gasteiger partial charge on any atom is 0.340 e. The molecule has 0 radical (unpaired) electrons. The molecule has 0 atom stereocenters. The number of methoxy groups -OCH3 is 1. The van der Waals surface area contributed by atoms with Gasteiger partial charge in [0.15, 0.2) is 0 Å². The zero-order valence-corrected chi connectivity index (χ0v) is 14.8. The van der Waals surface area contributed by atoms with Crippen molar-refractivity contribution in [1.29, 1.82) is 0 Å². The Balaban J connectivity index is 2.12. The Labute approximate surface area is 153 Å². The van der Waals surface area contributed by atoms with Crippen LogP contribution in [0.5, 0.6) is 0 Å². The molecule has 4 aromatic heterocycles. The van der Waals surface area contributed by atoms with Crippen LogP contribution in [0, 0.1) is 0 Å². The molecule has 0 amide bonds. The van der Waals surface area contributed by atoms with Crippen molar-refractivity contribution in [3.63, 3.8) is 0 Å². The van der Waals surface area contributed by atoms with Gasteiger partial charge in [0, 0.05) is 17.0 Å². The molecule has 0 aliphatic rings. The highest BCUT2D eigenvalue weighted by molar-refractivity contribution is 7.13. The summed E-state index contributed by atoms with van der Waals surface area (Å²) in [6.45, 7) is 0. The fourth-order valence-electron chi connectivity index (χ4n) is 3.55. The number of aromatic nitrogens is 2. The van der Waals surface area contributed by atoms with Gasteiger partial charge in [-0.1, -0.05) is 30.3 Å². The topological polar surface area (TPSA) is 43.6 Å². The van der Waals surface area contributed by atoms with E-state index < -0.39 is 0 Å². The summed E-state index contributed by atoms with van der Waals surface area (Å²) in [7, 11) is 1.42. The van der Waals surface area contributed by atoms with Gasteiger partial charge in [-0.3, -0.25) is 0 Å². The van der Waals surface area contributed by atoms with Crippen LogP contribution in [0.3, 0.4) is 0 Å². The molecule has 0 saturated carbocycles. The maximum absolute atomic E-state index is 12.7. The van der Waals surface area contributed by atoms with E-state index in [1.807, 2.05) is 64.5 Å². The van der Waals surface area contributed by atoms with E-state index in [0.717, 1.165) is 37.9 Å². The number of benzene rings is 1. The van der Waals surface area contributed by atoms with Gasteiger partial charge >= 0.3 is 5.97 Å². The Hall–Kier alpha value is -3.18. The molecule has 5 rings (SSSR count). The lowest BCUT2D eigenvalue weighted by Crippen LogP contribution is -2.01. The van der Waals surface area contributed by atoms with Crippen LogP contribution in [-0.4, -0.2) is 22.5 Å². The minimum atomic E-state index is -0.336. The normalized spacial score (nSPS) is 11.4. The third kappa shape index (κ3) is 2.01. The van der Waals surface area contributed by atoms with E-state index in [-0.39, 0.29) is 5.97 Å². The number of fused-ring (bicyclic) bond motifs is 5. The standard InChI is InChI=1S/C21H14N2O2S/c1-25-21(24)18-15-9-4-5-11-23(15)20-17(18)13-7-2-3-8-14(13)22-19(20)16-10-6-12-26-16/h2-12H,1H3. The van der Waals surface area contributed by atoms with E-state index in [9.17, 15) is 4.79 Å². The predicted molar refractivity (Wildman–Crippen MR) is 105 cm³/mol. The first-order chi connectivity index (χ1) is 12.8. The van der Waals surface area contributed by atoms with Crippen molar-refractivity contribution in [1.82, 2.24) is 9.38 Å². The van der Waals surface area contributed by atoms with E-state index in [1.54, 1.807) is 11.3 Å². The average molecular weight is 358 g/mol. The molecule has 26 heavy (non-hydrogen) atoms. The largest absolute Gasteiger partial charge is 0.465 e. The fraction of sp³-hybridized carbons (Fsp3) is 0.0476. The first-order valence-corrected chi connectivity index (χ1v) is 9.11. The van der Waals surface area contributed by atoms with Crippen LogP contribution in [0.4, 0.5) is 0 Å². The molecule has 0 spiro atoms. The Morgan fingerprint density at radius 1 is 1.08 bits per heavy atom. The first-order valence-electron chi connectivity index (χ1n) is 8.23. The highest BCUT2D eigenvalue weighted by Crippen LogP contribution is 2.39. The number of para-hydroxylation sites is 1. The van der Waals surface area contributed by atoms with Gasteiger partial charge in [0.1, 0.15) is 5.69 Å². The van der Waals surface area contributed by atoms with Gasteiger partial charge in [-0.2, -0.15) is 0 Å². The zero-order valence-electron chi connectivity index (χ0n) is 14.0. The maximum atomic E-state index is 12.7. The number of hydrogen-bond donors (Lipinski definition) is 0. The molecule has 0 aliphatic heterocycles. The average Bonchev–Trinajstić information content (AvgIpc) is 3.33. The van der Waals surface area contributed by atoms with Crippen LogP contribution in [0.25, 0.3) is 37.9 Å². The Bertz CT molecular complexity index is 1290. The van der Waals surface area contributed by atoms with E-state index >= 15 is 0 Å². The van der Waals surface area contributed by atoms with Crippen LogP contribution in [-0.2, 0) is 4.74 Å². The van der Waals surface area contributed by atoms with Crippen molar-refractivity contribution in [3.8, 4) is 10.6 Å². The van der Waals surface area contributed by atoms with Gasteiger partial charge < -0.3 is 9.14 Å². The molecule has 4 nitrogen and oxygen atoms in total. The van der Waals surface area contributed by atoms with Crippen LogP contribution in [0.1, 0.15) is 10.4 Å². The summed E-state index contributed by atoms with van der Waals surface area (Å²) in [4.78, 5) is 18.7. The number of nitrogens with zero attached hydrogens (tertiary/aromatic N) is 2. The Morgan fingerprint density at radius 3 is 2.73 bits per heavy atom. The zero-order chi connectivity index (χ0) is 17.7. The summed E-state index contributed by atoms with van der Waals surface area (Å²) >= 11 is 1.64. The molecule has 0 aliphatic carbocycles. The summed E-state index contributed by atoms with van der Waals surface area (Å²) in [6, 6.07) is 17.8. The summed E-state index contributed by atoms with van der Waals surface area (Å²) in [5.74, 6) is -0.336. The quantitative estimate of drug-likeness (QED) is 0.410. The molecule has 0 unspecified atom stereocenters. The second-order valence-electron chi connectivity index (χ2n) is 6.00. The van der Waals surface area contributed by atoms with Crippen molar-refractivity contribution in [2.45, 2.75) is 0 Å². The van der Waals surface area contributed by atoms with Gasteiger partial charge in [-0.05, 0) is 29.6 Å². The van der Waals surface area contributed by atoms with Gasteiger partial charge in [0.25, 0.3) is 0 Å². The lowest BCUT2D eigenvalue weighted by atomic mass is 10.0. The molecular weight excluding hydrogens is 344 g/mol. The van der Waals surface area contributed by atoms with E-state index in [2.05, 4.69) is 6.07 Å². The predicted octanol–water partition coefficient (Wildman–Crippen LogP) is 5.16. The van der Waals surface area contributed by atoms with E-state index in [0.29, 0.717) is 5.56 Å². The third-order valence-corrected chi connectivity index (χ3v) is 5.49. The minimum Gasteiger partial charge on any atom is -0.465 e. The highest BCUT2D eigenvalue weighted by Gasteiger charge is 2.24. The summed E-state index contributed by atoms with van der Waals surface area (Å²) < 4.78 is 7.16. The van der Waals surface area contributed by atoms with E-state index in [4.69, 9.17) is 9.72 Å². The smallest absolute Gasteiger partial charge is 0.340 e. The second-order valence-corrected chi connectivity index (χ2v) is 6.95. The Kier molecular flexibility index (Phi) is 3.30. The summed E-state index contributed by atoms with van der Waals surface area (Å²) in [5.41, 5.74) is 4.08. The van der Waals surface area contributed by atoms with Gasteiger partial charge in [0.2, 0.25) is 0 Å². The van der Waals surface area contributed by atoms with Gasteiger partial charge in [0.05, 0.1) is 34.1 Å².